The number of carboxylic acid groups (broad SMARTS) is 1. The first-order valence-electron chi connectivity index (χ1n) is 6.10. The third-order valence-electron chi connectivity index (χ3n) is 4.31. The van der Waals surface area contributed by atoms with Crippen LogP contribution in [0, 0.1) is 5.92 Å². The van der Waals surface area contributed by atoms with Gasteiger partial charge in [0, 0.05) is 6.04 Å². The summed E-state index contributed by atoms with van der Waals surface area (Å²) in [6, 6.07) is 0.540. The van der Waals surface area contributed by atoms with Gasteiger partial charge in [-0.05, 0) is 44.6 Å². The van der Waals surface area contributed by atoms with Crippen LogP contribution in [-0.2, 0) is 4.79 Å². The van der Waals surface area contributed by atoms with Crippen LogP contribution in [-0.4, -0.2) is 34.1 Å². The van der Waals surface area contributed by atoms with Crippen molar-refractivity contribution in [3.63, 3.8) is 0 Å². The van der Waals surface area contributed by atoms with Gasteiger partial charge in [0.1, 0.15) is 5.54 Å². The van der Waals surface area contributed by atoms with Gasteiger partial charge in [0.05, 0.1) is 0 Å². The summed E-state index contributed by atoms with van der Waals surface area (Å²) >= 11 is 0. The second-order valence-electron chi connectivity index (χ2n) is 5.22. The van der Waals surface area contributed by atoms with E-state index in [1.807, 2.05) is 6.92 Å². The molecular weight excluding hydrogens is 190 g/mol. The zero-order valence-corrected chi connectivity index (χ0v) is 9.70. The maximum Gasteiger partial charge on any atom is 0.324 e. The van der Waals surface area contributed by atoms with Gasteiger partial charge in [0.15, 0.2) is 0 Å². The van der Waals surface area contributed by atoms with E-state index in [1.54, 1.807) is 0 Å². The van der Waals surface area contributed by atoms with E-state index in [4.69, 9.17) is 0 Å². The highest BCUT2D eigenvalue weighted by Crippen LogP contribution is 2.41. The molecule has 2 fully saturated rings. The Bertz CT molecular complexity index is 260. The molecule has 0 radical (unpaired) electrons. The van der Waals surface area contributed by atoms with Crippen molar-refractivity contribution in [2.45, 2.75) is 57.5 Å². The fourth-order valence-electron chi connectivity index (χ4n) is 3.31. The SMILES string of the molecule is CCC1(C(=O)O)CCCN1C1CC(C)C1. The summed E-state index contributed by atoms with van der Waals surface area (Å²) in [5.41, 5.74) is -0.537. The first kappa shape index (κ1) is 10.9. The molecule has 0 aromatic heterocycles. The minimum Gasteiger partial charge on any atom is -0.480 e. The van der Waals surface area contributed by atoms with Gasteiger partial charge in [-0.3, -0.25) is 9.69 Å². The van der Waals surface area contributed by atoms with E-state index in [2.05, 4.69) is 11.8 Å². The minimum atomic E-state index is -0.609. The summed E-state index contributed by atoms with van der Waals surface area (Å²) in [6.45, 7) is 5.24. The van der Waals surface area contributed by atoms with Gasteiger partial charge in [-0.1, -0.05) is 13.8 Å². The Kier molecular flexibility index (Phi) is 2.75. The maximum absolute atomic E-state index is 11.4. The molecule has 1 atom stereocenters. The van der Waals surface area contributed by atoms with Crippen molar-refractivity contribution in [1.29, 1.82) is 0 Å². The molecule has 1 aliphatic carbocycles. The number of rotatable bonds is 3. The molecule has 3 nitrogen and oxygen atoms in total. The average Bonchev–Trinajstić information content (AvgIpc) is 2.57. The van der Waals surface area contributed by atoms with Crippen molar-refractivity contribution in [2.24, 2.45) is 5.92 Å². The molecule has 3 heteroatoms. The summed E-state index contributed by atoms with van der Waals surface area (Å²) in [5.74, 6) is 0.181. The molecule has 1 saturated carbocycles. The minimum absolute atomic E-state index is 0.537. The van der Waals surface area contributed by atoms with Gasteiger partial charge in [0.2, 0.25) is 0 Å². The summed E-state index contributed by atoms with van der Waals surface area (Å²) < 4.78 is 0. The molecule has 0 amide bonds. The lowest BCUT2D eigenvalue weighted by Crippen LogP contribution is -2.57. The third kappa shape index (κ3) is 1.57. The van der Waals surface area contributed by atoms with Crippen LogP contribution >= 0.6 is 0 Å². The third-order valence-corrected chi connectivity index (χ3v) is 4.31. The summed E-state index contributed by atoms with van der Waals surface area (Å²) in [5, 5.41) is 9.43. The molecule has 1 saturated heterocycles. The Labute approximate surface area is 91.5 Å². The summed E-state index contributed by atoms with van der Waals surface area (Å²) in [7, 11) is 0. The van der Waals surface area contributed by atoms with Crippen molar-refractivity contribution in [3.8, 4) is 0 Å². The average molecular weight is 211 g/mol. The van der Waals surface area contributed by atoms with Crippen LogP contribution in [0.1, 0.15) is 46.0 Å². The topological polar surface area (TPSA) is 40.5 Å². The van der Waals surface area contributed by atoms with E-state index >= 15 is 0 Å². The van der Waals surface area contributed by atoms with Gasteiger partial charge in [-0.2, -0.15) is 0 Å². The molecule has 1 heterocycles. The molecule has 2 rings (SSSR count). The van der Waals surface area contributed by atoms with Crippen LogP contribution in [0.3, 0.4) is 0 Å². The normalized spacial score (nSPS) is 41.5. The second-order valence-corrected chi connectivity index (χ2v) is 5.22. The van der Waals surface area contributed by atoms with Crippen molar-refractivity contribution >= 4 is 5.97 Å². The van der Waals surface area contributed by atoms with Crippen molar-refractivity contribution < 1.29 is 9.90 Å². The van der Waals surface area contributed by atoms with Crippen LogP contribution in [0.2, 0.25) is 0 Å². The van der Waals surface area contributed by atoms with Crippen LogP contribution in [0.5, 0.6) is 0 Å². The van der Waals surface area contributed by atoms with Crippen LogP contribution in [0.15, 0.2) is 0 Å². The lowest BCUT2D eigenvalue weighted by atomic mass is 9.78. The van der Waals surface area contributed by atoms with E-state index in [0.717, 1.165) is 31.7 Å². The molecule has 1 aliphatic heterocycles. The van der Waals surface area contributed by atoms with Gasteiger partial charge < -0.3 is 5.11 Å². The number of hydrogen-bond acceptors (Lipinski definition) is 2. The van der Waals surface area contributed by atoms with E-state index < -0.39 is 11.5 Å². The lowest BCUT2D eigenvalue weighted by molar-refractivity contribution is -0.153. The number of carbonyl (C=O) groups is 1. The first-order valence-corrected chi connectivity index (χ1v) is 6.10. The molecule has 2 aliphatic rings. The van der Waals surface area contributed by atoms with Gasteiger partial charge in [-0.25, -0.2) is 0 Å². The number of nitrogens with zero attached hydrogens (tertiary/aromatic N) is 1. The predicted molar refractivity (Wildman–Crippen MR) is 58.8 cm³/mol. The monoisotopic (exact) mass is 211 g/mol. The molecule has 86 valence electrons. The Balaban J connectivity index is 2.12. The second kappa shape index (κ2) is 3.78. The molecule has 0 aromatic carbocycles. The highest BCUT2D eigenvalue weighted by molar-refractivity contribution is 5.79. The number of carboxylic acids is 1. The van der Waals surface area contributed by atoms with Crippen LogP contribution < -0.4 is 0 Å². The Morgan fingerprint density at radius 2 is 2.20 bits per heavy atom. The Morgan fingerprint density at radius 3 is 2.67 bits per heavy atom. The molecule has 0 aromatic rings. The Hall–Kier alpha value is -0.570. The van der Waals surface area contributed by atoms with Crippen molar-refractivity contribution in [3.05, 3.63) is 0 Å². The number of hydrogen-bond donors (Lipinski definition) is 1. The molecule has 0 bridgehead atoms. The number of aliphatic carboxylic acids is 1. The summed E-state index contributed by atoms with van der Waals surface area (Å²) in [4.78, 5) is 13.7. The standard InChI is InChI=1S/C12H21NO2/c1-3-12(11(14)15)5-4-6-13(12)10-7-9(2)8-10/h9-10H,3-8H2,1-2H3,(H,14,15). The predicted octanol–water partition coefficient (Wildman–Crippen LogP) is 2.11. The quantitative estimate of drug-likeness (QED) is 0.777. The van der Waals surface area contributed by atoms with Gasteiger partial charge in [0.25, 0.3) is 0 Å². The summed E-state index contributed by atoms with van der Waals surface area (Å²) in [6.07, 6.45) is 5.01. The smallest absolute Gasteiger partial charge is 0.324 e. The molecular formula is C12H21NO2. The largest absolute Gasteiger partial charge is 0.480 e. The fraction of sp³-hybridized carbons (Fsp3) is 0.917. The van der Waals surface area contributed by atoms with E-state index in [9.17, 15) is 9.90 Å². The van der Waals surface area contributed by atoms with Crippen LogP contribution in [0.25, 0.3) is 0 Å². The van der Waals surface area contributed by atoms with E-state index in [-0.39, 0.29) is 0 Å². The molecule has 15 heavy (non-hydrogen) atoms. The van der Waals surface area contributed by atoms with Crippen molar-refractivity contribution in [1.82, 2.24) is 4.90 Å². The highest BCUT2D eigenvalue weighted by Gasteiger charge is 2.50. The van der Waals surface area contributed by atoms with E-state index in [1.165, 1.54) is 12.8 Å². The highest BCUT2D eigenvalue weighted by atomic mass is 16.4. The number of likely N-dealkylation sites (tertiary alicyclic amines) is 1. The lowest BCUT2D eigenvalue weighted by Gasteiger charge is -2.46. The molecule has 0 spiro atoms. The Morgan fingerprint density at radius 1 is 1.53 bits per heavy atom. The van der Waals surface area contributed by atoms with Crippen LogP contribution in [0.4, 0.5) is 0 Å². The zero-order chi connectivity index (χ0) is 11.1. The maximum atomic E-state index is 11.4. The molecule has 1 N–H and O–H groups in total. The fourth-order valence-corrected chi connectivity index (χ4v) is 3.31. The van der Waals surface area contributed by atoms with Gasteiger partial charge in [-0.15, -0.1) is 0 Å². The van der Waals surface area contributed by atoms with Crippen molar-refractivity contribution in [2.75, 3.05) is 6.54 Å². The zero-order valence-electron chi connectivity index (χ0n) is 9.70. The first-order chi connectivity index (χ1) is 7.10. The molecule has 1 unspecified atom stereocenters. The van der Waals surface area contributed by atoms with E-state index in [0.29, 0.717) is 6.04 Å². The van der Waals surface area contributed by atoms with Gasteiger partial charge >= 0.3 is 5.97 Å².